The van der Waals surface area contributed by atoms with Gasteiger partial charge in [0.25, 0.3) is 0 Å². The Morgan fingerprint density at radius 2 is 1.73 bits per heavy atom. The molecule has 5 heteroatoms. The van der Waals surface area contributed by atoms with Crippen molar-refractivity contribution >= 4 is 46.3 Å². The van der Waals surface area contributed by atoms with Crippen LogP contribution >= 0.6 is 23.4 Å². The molecule has 0 fully saturated rings. The number of aryl methyl sites for hydroxylation is 1. The first-order chi connectivity index (χ1) is 12.6. The lowest BCUT2D eigenvalue weighted by Gasteiger charge is -2.32. The molecule has 0 bridgehead atoms. The smallest absolute Gasteiger partial charge is 0.244 e. The highest BCUT2D eigenvalue weighted by Crippen LogP contribution is 2.48. The van der Waals surface area contributed by atoms with Gasteiger partial charge in [-0.2, -0.15) is 0 Å². The molecule has 0 spiro atoms. The predicted octanol–water partition coefficient (Wildman–Crippen LogP) is 5.89. The van der Waals surface area contributed by atoms with E-state index in [0.717, 1.165) is 32.4 Å². The quantitative estimate of drug-likeness (QED) is 0.614. The lowest BCUT2D eigenvalue weighted by Crippen LogP contribution is -2.31. The van der Waals surface area contributed by atoms with E-state index in [1.54, 1.807) is 11.8 Å². The van der Waals surface area contributed by atoms with Gasteiger partial charge in [-0.05, 0) is 48.9 Å². The van der Waals surface area contributed by atoms with E-state index < -0.39 is 0 Å². The van der Waals surface area contributed by atoms with Crippen LogP contribution < -0.4 is 10.2 Å². The van der Waals surface area contributed by atoms with Crippen LogP contribution in [0.5, 0.6) is 0 Å². The van der Waals surface area contributed by atoms with E-state index in [0.29, 0.717) is 5.02 Å². The highest BCUT2D eigenvalue weighted by Gasteiger charge is 2.25. The van der Waals surface area contributed by atoms with Crippen molar-refractivity contribution in [3.8, 4) is 0 Å². The number of benzene rings is 3. The molecule has 3 aromatic rings. The van der Waals surface area contributed by atoms with Crippen LogP contribution in [0.4, 0.5) is 17.1 Å². The van der Waals surface area contributed by atoms with Crippen molar-refractivity contribution in [3.05, 3.63) is 77.3 Å². The Bertz CT molecular complexity index is 989. The van der Waals surface area contributed by atoms with Crippen LogP contribution in [0.25, 0.3) is 0 Å². The van der Waals surface area contributed by atoms with E-state index in [2.05, 4.69) is 11.4 Å². The van der Waals surface area contributed by atoms with E-state index in [9.17, 15) is 4.79 Å². The summed E-state index contributed by atoms with van der Waals surface area (Å²) in [4.78, 5) is 17.0. The van der Waals surface area contributed by atoms with Crippen molar-refractivity contribution in [1.29, 1.82) is 0 Å². The zero-order valence-electron chi connectivity index (χ0n) is 14.2. The Labute approximate surface area is 162 Å². The van der Waals surface area contributed by atoms with Crippen molar-refractivity contribution in [2.45, 2.75) is 16.7 Å². The summed E-state index contributed by atoms with van der Waals surface area (Å²) >= 11 is 7.92. The number of nitrogens with zero attached hydrogens (tertiary/aromatic N) is 1. The fraction of sp³-hybridized carbons (Fsp3) is 0.0952. The number of nitrogens with one attached hydrogen (secondary N) is 1. The molecule has 0 unspecified atom stereocenters. The summed E-state index contributed by atoms with van der Waals surface area (Å²) in [5.74, 6) is -0.0630. The molecule has 1 amide bonds. The predicted molar refractivity (Wildman–Crippen MR) is 109 cm³/mol. The van der Waals surface area contributed by atoms with Gasteiger partial charge in [0.1, 0.15) is 6.54 Å². The van der Waals surface area contributed by atoms with Crippen molar-refractivity contribution in [2.24, 2.45) is 0 Å². The van der Waals surface area contributed by atoms with Gasteiger partial charge in [0.2, 0.25) is 5.91 Å². The largest absolute Gasteiger partial charge is 0.330 e. The van der Waals surface area contributed by atoms with Crippen LogP contribution in [0.2, 0.25) is 5.02 Å². The van der Waals surface area contributed by atoms with Crippen molar-refractivity contribution < 1.29 is 4.79 Å². The average molecular weight is 381 g/mol. The molecule has 0 aliphatic carbocycles. The Morgan fingerprint density at radius 1 is 1.00 bits per heavy atom. The molecule has 3 nitrogen and oxygen atoms in total. The first-order valence-electron chi connectivity index (χ1n) is 8.31. The molecule has 0 saturated carbocycles. The Hall–Kier alpha value is -2.43. The molecule has 1 N–H and O–H groups in total. The molecule has 3 aromatic carbocycles. The summed E-state index contributed by atoms with van der Waals surface area (Å²) in [6.07, 6.45) is 0. The normalized spacial score (nSPS) is 12.3. The second-order valence-corrected chi connectivity index (χ2v) is 7.65. The van der Waals surface area contributed by atoms with Crippen LogP contribution in [0.3, 0.4) is 0 Å². The third-order valence-electron chi connectivity index (χ3n) is 4.31. The standard InChI is InChI=1S/C21H17ClN2OS/c1-14-6-2-3-7-16(14)23-21(25)13-24-17-8-4-5-9-19(17)26-20-11-10-15(22)12-18(20)24/h2-12H,13H2,1H3,(H,23,25). The fourth-order valence-corrected chi connectivity index (χ4v) is 4.26. The topological polar surface area (TPSA) is 32.3 Å². The summed E-state index contributed by atoms with van der Waals surface area (Å²) in [5.41, 5.74) is 3.86. The van der Waals surface area contributed by atoms with Crippen LogP contribution in [0, 0.1) is 6.92 Å². The summed E-state index contributed by atoms with van der Waals surface area (Å²) in [6, 6.07) is 21.7. The maximum atomic E-state index is 12.7. The molecule has 0 radical (unpaired) electrons. The van der Waals surface area contributed by atoms with E-state index in [4.69, 9.17) is 11.6 Å². The number of carbonyl (C=O) groups excluding carboxylic acids is 1. The molecule has 0 atom stereocenters. The molecular weight excluding hydrogens is 364 g/mol. The second-order valence-electron chi connectivity index (χ2n) is 6.13. The first-order valence-corrected chi connectivity index (χ1v) is 9.51. The second kappa shape index (κ2) is 7.06. The van der Waals surface area contributed by atoms with Gasteiger partial charge >= 0.3 is 0 Å². The molecule has 26 heavy (non-hydrogen) atoms. The minimum Gasteiger partial charge on any atom is -0.330 e. The van der Waals surface area contributed by atoms with E-state index in [-0.39, 0.29) is 12.5 Å². The summed E-state index contributed by atoms with van der Waals surface area (Å²) in [6.45, 7) is 2.21. The van der Waals surface area contributed by atoms with Gasteiger partial charge in [-0.3, -0.25) is 4.79 Å². The number of anilines is 3. The van der Waals surface area contributed by atoms with Crippen molar-refractivity contribution in [1.82, 2.24) is 0 Å². The van der Waals surface area contributed by atoms with E-state index >= 15 is 0 Å². The Balaban J connectivity index is 1.66. The number of hydrogen-bond donors (Lipinski definition) is 1. The van der Waals surface area contributed by atoms with Crippen molar-refractivity contribution in [2.75, 3.05) is 16.8 Å². The molecule has 0 saturated heterocycles. The lowest BCUT2D eigenvalue weighted by molar-refractivity contribution is -0.114. The molecule has 130 valence electrons. The SMILES string of the molecule is Cc1ccccc1NC(=O)CN1c2ccccc2Sc2ccc(Cl)cc21. The number of amides is 1. The third kappa shape index (κ3) is 3.30. The number of rotatable bonds is 3. The van der Waals surface area contributed by atoms with Gasteiger partial charge in [0.15, 0.2) is 0 Å². The Morgan fingerprint density at radius 3 is 2.58 bits per heavy atom. The number of para-hydroxylation sites is 2. The first kappa shape index (κ1) is 17.0. The highest BCUT2D eigenvalue weighted by molar-refractivity contribution is 7.99. The van der Waals surface area contributed by atoms with Crippen LogP contribution in [-0.4, -0.2) is 12.5 Å². The van der Waals surface area contributed by atoms with Crippen LogP contribution in [-0.2, 0) is 4.79 Å². The van der Waals surface area contributed by atoms with Gasteiger partial charge in [-0.15, -0.1) is 0 Å². The zero-order chi connectivity index (χ0) is 18.1. The Kier molecular flexibility index (Phi) is 4.62. The minimum absolute atomic E-state index is 0.0630. The molecule has 0 aromatic heterocycles. The summed E-state index contributed by atoms with van der Waals surface area (Å²) < 4.78 is 0. The van der Waals surface area contributed by atoms with Gasteiger partial charge in [0.05, 0.1) is 11.4 Å². The fourth-order valence-electron chi connectivity index (χ4n) is 3.02. The van der Waals surface area contributed by atoms with Crippen LogP contribution in [0.15, 0.2) is 76.5 Å². The number of hydrogen-bond acceptors (Lipinski definition) is 3. The number of fused-ring (bicyclic) bond motifs is 2. The van der Waals surface area contributed by atoms with Crippen LogP contribution in [0.1, 0.15) is 5.56 Å². The van der Waals surface area contributed by atoms with Crippen molar-refractivity contribution in [3.63, 3.8) is 0 Å². The van der Waals surface area contributed by atoms with Gasteiger partial charge in [-0.1, -0.05) is 53.7 Å². The molecule has 1 aliphatic rings. The summed E-state index contributed by atoms with van der Waals surface area (Å²) in [7, 11) is 0. The molecule has 1 heterocycles. The van der Waals surface area contributed by atoms with Gasteiger partial charge in [-0.25, -0.2) is 0 Å². The van der Waals surface area contributed by atoms with Gasteiger partial charge < -0.3 is 10.2 Å². The summed E-state index contributed by atoms with van der Waals surface area (Å²) in [5, 5.41) is 3.67. The maximum Gasteiger partial charge on any atom is 0.244 e. The minimum atomic E-state index is -0.0630. The maximum absolute atomic E-state index is 12.7. The highest BCUT2D eigenvalue weighted by atomic mass is 35.5. The zero-order valence-corrected chi connectivity index (χ0v) is 15.8. The number of carbonyl (C=O) groups is 1. The average Bonchev–Trinajstić information content (AvgIpc) is 2.64. The monoisotopic (exact) mass is 380 g/mol. The number of halogens is 1. The molecular formula is C21H17ClN2OS. The van der Waals surface area contributed by atoms with Gasteiger partial charge in [0, 0.05) is 20.5 Å². The lowest BCUT2D eigenvalue weighted by atomic mass is 10.2. The third-order valence-corrected chi connectivity index (χ3v) is 5.67. The molecule has 4 rings (SSSR count). The van der Waals surface area contributed by atoms with E-state index in [1.807, 2.05) is 72.5 Å². The van der Waals surface area contributed by atoms with E-state index in [1.165, 1.54) is 0 Å². The molecule has 1 aliphatic heterocycles.